The molecule has 3 heterocycles. The van der Waals surface area contributed by atoms with Crippen molar-refractivity contribution in [3.8, 4) is 0 Å². The lowest BCUT2D eigenvalue weighted by atomic mass is 10.2. The Balaban J connectivity index is 1.94. The number of nitrogens with zero attached hydrogens (tertiary/aromatic N) is 3. The molecule has 0 aliphatic heterocycles. The highest BCUT2D eigenvalue weighted by Gasteiger charge is 2.05. The Hall–Kier alpha value is -2.43. The molecule has 0 aliphatic rings. The maximum Gasteiger partial charge on any atom is 0.179 e. The Kier molecular flexibility index (Phi) is 2.64. The highest BCUT2D eigenvalue weighted by atomic mass is 15.0. The summed E-state index contributed by atoms with van der Waals surface area (Å²) < 4.78 is 0. The lowest BCUT2D eigenvalue weighted by Gasteiger charge is -1.95. The molecule has 0 bridgehead atoms. The SMILES string of the molecule is CNc1ccc2[nH]c(Cc3cccnc3)nc2n1. The molecule has 0 unspecified atom stereocenters. The average Bonchev–Trinajstić information content (AvgIpc) is 2.80. The number of pyridine rings is 2. The van der Waals surface area contributed by atoms with E-state index < -0.39 is 0 Å². The van der Waals surface area contributed by atoms with Crippen LogP contribution in [0.15, 0.2) is 36.7 Å². The predicted molar refractivity (Wildman–Crippen MR) is 70.5 cm³/mol. The van der Waals surface area contributed by atoms with Crippen molar-refractivity contribution in [2.24, 2.45) is 0 Å². The Morgan fingerprint density at radius 2 is 2.17 bits per heavy atom. The van der Waals surface area contributed by atoms with Gasteiger partial charge in [0.1, 0.15) is 11.6 Å². The summed E-state index contributed by atoms with van der Waals surface area (Å²) in [6.45, 7) is 0. The molecule has 0 aliphatic carbocycles. The number of nitrogens with one attached hydrogen (secondary N) is 2. The van der Waals surface area contributed by atoms with Gasteiger partial charge in [0.2, 0.25) is 0 Å². The normalized spacial score (nSPS) is 10.7. The second kappa shape index (κ2) is 4.44. The first-order chi connectivity index (χ1) is 8.85. The summed E-state index contributed by atoms with van der Waals surface area (Å²) in [5.41, 5.74) is 2.82. The Morgan fingerprint density at radius 3 is 2.94 bits per heavy atom. The highest BCUT2D eigenvalue weighted by molar-refractivity contribution is 5.72. The van der Waals surface area contributed by atoms with Crippen LogP contribution in [0.1, 0.15) is 11.4 Å². The maximum atomic E-state index is 4.48. The molecule has 2 N–H and O–H groups in total. The summed E-state index contributed by atoms with van der Waals surface area (Å²) in [6.07, 6.45) is 4.35. The fourth-order valence-electron chi connectivity index (χ4n) is 1.86. The largest absolute Gasteiger partial charge is 0.373 e. The van der Waals surface area contributed by atoms with Crippen LogP contribution in [0.3, 0.4) is 0 Å². The molecule has 0 saturated carbocycles. The topological polar surface area (TPSA) is 66.5 Å². The van der Waals surface area contributed by atoms with Crippen LogP contribution in [0.4, 0.5) is 5.82 Å². The Labute approximate surface area is 104 Å². The van der Waals surface area contributed by atoms with Crippen molar-refractivity contribution in [1.82, 2.24) is 19.9 Å². The molecule has 90 valence electrons. The zero-order valence-electron chi connectivity index (χ0n) is 10.0. The highest BCUT2D eigenvalue weighted by Crippen LogP contribution is 2.14. The number of aromatic amines is 1. The molecule has 18 heavy (non-hydrogen) atoms. The van der Waals surface area contributed by atoms with Gasteiger partial charge >= 0.3 is 0 Å². The second-order valence-electron chi connectivity index (χ2n) is 4.04. The summed E-state index contributed by atoms with van der Waals surface area (Å²) in [6, 6.07) is 7.87. The lowest BCUT2D eigenvalue weighted by molar-refractivity contribution is 1.02. The van der Waals surface area contributed by atoms with Crippen LogP contribution in [0, 0.1) is 0 Å². The van der Waals surface area contributed by atoms with Crippen LogP contribution in [0.5, 0.6) is 0 Å². The van der Waals surface area contributed by atoms with Gasteiger partial charge in [0.05, 0.1) is 5.52 Å². The summed E-state index contributed by atoms with van der Waals surface area (Å²) in [5, 5.41) is 3.00. The third-order valence-electron chi connectivity index (χ3n) is 2.75. The van der Waals surface area contributed by atoms with Crippen molar-refractivity contribution >= 4 is 17.0 Å². The number of rotatable bonds is 3. The van der Waals surface area contributed by atoms with Gasteiger partial charge in [-0.2, -0.15) is 0 Å². The van der Waals surface area contributed by atoms with Gasteiger partial charge in [0.15, 0.2) is 5.65 Å². The number of fused-ring (bicyclic) bond motifs is 1. The molecule has 0 radical (unpaired) electrons. The van der Waals surface area contributed by atoms with Crippen molar-refractivity contribution in [2.75, 3.05) is 12.4 Å². The molecule has 3 aromatic rings. The molecule has 0 aromatic carbocycles. The van der Waals surface area contributed by atoms with E-state index in [-0.39, 0.29) is 0 Å². The quantitative estimate of drug-likeness (QED) is 0.733. The minimum absolute atomic E-state index is 0.735. The molecule has 5 heteroatoms. The first kappa shape index (κ1) is 10.7. The molecule has 5 nitrogen and oxygen atoms in total. The van der Waals surface area contributed by atoms with Crippen LogP contribution >= 0.6 is 0 Å². The number of hydrogen-bond donors (Lipinski definition) is 2. The van der Waals surface area contributed by atoms with Gasteiger partial charge in [-0.3, -0.25) is 4.98 Å². The van der Waals surface area contributed by atoms with E-state index in [1.807, 2.05) is 37.5 Å². The van der Waals surface area contributed by atoms with Crippen LogP contribution in [0.25, 0.3) is 11.2 Å². The molecule has 3 aromatic heterocycles. The summed E-state index contributed by atoms with van der Waals surface area (Å²) in [5.74, 6) is 1.72. The first-order valence-electron chi connectivity index (χ1n) is 5.77. The van der Waals surface area contributed by atoms with Gasteiger partial charge in [-0.1, -0.05) is 6.07 Å². The van der Waals surface area contributed by atoms with Crippen molar-refractivity contribution in [1.29, 1.82) is 0 Å². The number of H-pyrrole nitrogens is 1. The molecular formula is C13H13N5. The maximum absolute atomic E-state index is 4.48. The van der Waals surface area contributed by atoms with E-state index in [1.54, 1.807) is 6.20 Å². The molecule has 0 spiro atoms. The van der Waals surface area contributed by atoms with E-state index in [0.717, 1.165) is 34.8 Å². The summed E-state index contributed by atoms with van der Waals surface area (Å²) in [4.78, 5) is 16.2. The smallest absolute Gasteiger partial charge is 0.179 e. The van der Waals surface area contributed by atoms with Crippen molar-refractivity contribution in [3.63, 3.8) is 0 Å². The first-order valence-corrected chi connectivity index (χ1v) is 5.77. The summed E-state index contributed by atoms with van der Waals surface area (Å²) >= 11 is 0. The third kappa shape index (κ3) is 2.02. The number of anilines is 1. The minimum Gasteiger partial charge on any atom is -0.373 e. The number of hydrogen-bond acceptors (Lipinski definition) is 4. The van der Waals surface area contributed by atoms with Crippen LogP contribution in [0.2, 0.25) is 0 Å². The van der Waals surface area contributed by atoms with Gasteiger partial charge in [0, 0.05) is 25.9 Å². The van der Waals surface area contributed by atoms with Crippen LogP contribution in [-0.2, 0) is 6.42 Å². The number of aromatic nitrogens is 4. The predicted octanol–water partition coefficient (Wildman–Crippen LogP) is 1.99. The molecule has 0 saturated heterocycles. The lowest BCUT2D eigenvalue weighted by Crippen LogP contribution is -1.91. The van der Waals surface area contributed by atoms with Gasteiger partial charge in [-0.25, -0.2) is 9.97 Å². The Morgan fingerprint density at radius 1 is 1.22 bits per heavy atom. The van der Waals surface area contributed by atoms with E-state index >= 15 is 0 Å². The fraction of sp³-hybridized carbons (Fsp3) is 0.154. The van der Waals surface area contributed by atoms with Crippen molar-refractivity contribution < 1.29 is 0 Å². The molecule has 0 amide bonds. The van der Waals surface area contributed by atoms with E-state index in [9.17, 15) is 0 Å². The van der Waals surface area contributed by atoms with Gasteiger partial charge in [-0.15, -0.1) is 0 Å². The van der Waals surface area contributed by atoms with Gasteiger partial charge in [0.25, 0.3) is 0 Å². The third-order valence-corrected chi connectivity index (χ3v) is 2.75. The van der Waals surface area contributed by atoms with E-state index in [2.05, 4.69) is 25.3 Å². The average molecular weight is 239 g/mol. The monoisotopic (exact) mass is 239 g/mol. The standard InChI is InChI=1S/C13H13N5/c1-14-11-5-4-10-13(17-11)18-12(16-10)7-9-3-2-6-15-8-9/h2-6,8H,7H2,1H3,(H2,14,16,17,18). The summed E-state index contributed by atoms with van der Waals surface area (Å²) in [7, 11) is 1.84. The fourth-order valence-corrected chi connectivity index (χ4v) is 1.86. The zero-order valence-corrected chi connectivity index (χ0v) is 10.0. The molecule has 0 atom stereocenters. The van der Waals surface area contributed by atoms with Gasteiger partial charge in [-0.05, 0) is 23.8 Å². The van der Waals surface area contributed by atoms with Crippen LogP contribution in [-0.4, -0.2) is 27.0 Å². The Bertz CT molecular complexity index is 659. The zero-order chi connectivity index (χ0) is 12.4. The van der Waals surface area contributed by atoms with E-state index in [0.29, 0.717) is 0 Å². The molecule has 3 rings (SSSR count). The second-order valence-corrected chi connectivity index (χ2v) is 4.04. The number of imidazole rings is 1. The van der Waals surface area contributed by atoms with E-state index in [4.69, 9.17) is 0 Å². The van der Waals surface area contributed by atoms with Crippen molar-refractivity contribution in [2.45, 2.75) is 6.42 Å². The van der Waals surface area contributed by atoms with Crippen molar-refractivity contribution in [3.05, 3.63) is 48.0 Å². The minimum atomic E-state index is 0.735. The molecule has 0 fully saturated rings. The van der Waals surface area contributed by atoms with Gasteiger partial charge < -0.3 is 10.3 Å². The molecular weight excluding hydrogens is 226 g/mol. The van der Waals surface area contributed by atoms with Crippen LogP contribution < -0.4 is 5.32 Å². The van der Waals surface area contributed by atoms with E-state index in [1.165, 1.54) is 0 Å².